The minimum Gasteiger partial charge on any atom is -0.285 e. The Morgan fingerprint density at radius 2 is 1.21 bits per heavy atom. The van der Waals surface area contributed by atoms with Crippen molar-refractivity contribution in [2.45, 2.75) is 53.4 Å². The van der Waals surface area contributed by atoms with E-state index in [9.17, 15) is 9.59 Å². The molecule has 0 bridgehead atoms. The highest BCUT2D eigenvalue weighted by atomic mass is 16.2. The molecule has 0 aliphatic heterocycles. The van der Waals surface area contributed by atoms with E-state index in [4.69, 9.17) is 0 Å². The fourth-order valence-electron chi connectivity index (χ4n) is 2.76. The Morgan fingerprint density at radius 3 is 1.71 bits per heavy atom. The molecule has 0 spiro atoms. The van der Waals surface area contributed by atoms with Crippen LogP contribution in [0.1, 0.15) is 72.9 Å². The van der Waals surface area contributed by atoms with Gasteiger partial charge in [0.2, 0.25) is 11.6 Å². The van der Waals surface area contributed by atoms with Crippen LogP contribution in [0.2, 0.25) is 0 Å². The van der Waals surface area contributed by atoms with E-state index in [-0.39, 0.29) is 5.41 Å². The van der Waals surface area contributed by atoms with Crippen LogP contribution in [0.5, 0.6) is 0 Å². The number of carbonyl (C=O) groups is 2. The third-order valence-corrected chi connectivity index (χ3v) is 4.05. The first-order valence-corrected chi connectivity index (χ1v) is 8.55. The molecule has 0 unspecified atom stereocenters. The number of aryl methyl sites for hydroxylation is 1. The van der Waals surface area contributed by atoms with Crippen LogP contribution in [-0.2, 0) is 5.41 Å². The maximum absolute atomic E-state index is 12.4. The van der Waals surface area contributed by atoms with Gasteiger partial charge in [0, 0.05) is 11.1 Å². The Hall–Kier alpha value is -2.22. The predicted octanol–water partition coefficient (Wildman–Crippen LogP) is 5.75. The van der Waals surface area contributed by atoms with Gasteiger partial charge in [-0.1, -0.05) is 70.9 Å². The molecular weight excluding hydrogens is 296 g/mol. The average Bonchev–Trinajstić information content (AvgIpc) is 2.52. The summed E-state index contributed by atoms with van der Waals surface area (Å²) < 4.78 is 0. The highest BCUT2D eigenvalue weighted by Crippen LogP contribution is 2.36. The first-order chi connectivity index (χ1) is 11.2. The molecule has 0 atom stereocenters. The second-order valence-electron chi connectivity index (χ2n) is 7.42. The summed E-state index contributed by atoms with van der Waals surface area (Å²) in [7, 11) is 0. The van der Waals surface area contributed by atoms with Gasteiger partial charge in [-0.3, -0.25) is 9.59 Å². The lowest BCUT2D eigenvalue weighted by molar-refractivity contribution is 0.0815. The van der Waals surface area contributed by atoms with E-state index in [1.54, 1.807) is 6.07 Å². The van der Waals surface area contributed by atoms with Crippen molar-refractivity contribution in [3.8, 4) is 11.1 Å². The number of benzene rings is 2. The largest absolute Gasteiger partial charge is 0.285 e. The molecule has 2 aromatic carbocycles. The lowest BCUT2D eigenvalue weighted by atomic mass is 9.79. The van der Waals surface area contributed by atoms with Crippen molar-refractivity contribution in [3.63, 3.8) is 0 Å². The first-order valence-electron chi connectivity index (χ1n) is 8.55. The fraction of sp³-hybridized carbons (Fsp3) is 0.364. The molecule has 0 saturated heterocycles. The number of Topliss-reactive ketones (excluding diaryl/α,β-unsaturated/α-hetero) is 2. The molecule has 2 heteroatoms. The lowest BCUT2D eigenvalue weighted by Gasteiger charge is -2.23. The van der Waals surface area contributed by atoms with Crippen LogP contribution in [0.4, 0.5) is 0 Å². The summed E-state index contributed by atoms with van der Waals surface area (Å²) >= 11 is 0. The molecule has 2 aromatic rings. The van der Waals surface area contributed by atoms with Crippen LogP contribution < -0.4 is 0 Å². The lowest BCUT2D eigenvalue weighted by Crippen LogP contribution is -2.22. The summed E-state index contributed by atoms with van der Waals surface area (Å²) in [5, 5.41) is 0. The minimum absolute atomic E-state index is 0.0497. The van der Waals surface area contributed by atoms with E-state index < -0.39 is 11.6 Å². The van der Waals surface area contributed by atoms with E-state index in [0.717, 1.165) is 22.3 Å². The third-order valence-electron chi connectivity index (χ3n) is 4.05. The van der Waals surface area contributed by atoms with Crippen molar-refractivity contribution < 1.29 is 9.59 Å². The van der Waals surface area contributed by atoms with Gasteiger partial charge in [-0.05, 0) is 41.2 Å². The standard InChI is InChI=1S/C19H18O2.C3H8/c1-11-5-7-13-14-8-6-12(19(2,3)4)10-16(14)18(21)17(20)15(13)9-11;1-3-2/h5-10H,1-4H3;3H2,1-2H3. The van der Waals surface area contributed by atoms with Gasteiger partial charge >= 0.3 is 0 Å². The van der Waals surface area contributed by atoms with Gasteiger partial charge in [-0.2, -0.15) is 0 Å². The summed E-state index contributed by atoms with van der Waals surface area (Å²) in [5.41, 5.74) is 4.79. The van der Waals surface area contributed by atoms with Gasteiger partial charge in [0.25, 0.3) is 0 Å². The number of hydrogen-bond acceptors (Lipinski definition) is 2. The van der Waals surface area contributed by atoms with Crippen molar-refractivity contribution in [1.82, 2.24) is 0 Å². The monoisotopic (exact) mass is 322 g/mol. The van der Waals surface area contributed by atoms with E-state index in [0.29, 0.717) is 11.1 Å². The van der Waals surface area contributed by atoms with E-state index in [1.165, 1.54) is 6.42 Å². The Morgan fingerprint density at radius 1 is 0.750 bits per heavy atom. The smallest absolute Gasteiger partial charge is 0.234 e. The molecule has 0 aromatic heterocycles. The zero-order valence-corrected chi connectivity index (χ0v) is 15.5. The SMILES string of the molecule is CCC.Cc1ccc2c(c1)C(=O)C(=O)c1cc(C(C)(C)C)ccc1-2. The minimum atomic E-state index is -0.396. The molecule has 0 fully saturated rings. The van der Waals surface area contributed by atoms with E-state index in [1.807, 2.05) is 37.3 Å². The molecular formula is C22H26O2. The quantitative estimate of drug-likeness (QED) is 0.578. The average molecular weight is 322 g/mol. The van der Waals surface area contributed by atoms with Gasteiger partial charge in [-0.25, -0.2) is 0 Å². The molecule has 3 rings (SSSR count). The molecule has 1 aliphatic rings. The van der Waals surface area contributed by atoms with Crippen molar-refractivity contribution >= 4 is 11.6 Å². The van der Waals surface area contributed by atoms with Crippen molar-refractivity contribution in [3.05, 3.63) is 58.7 Å². The number of rotatable bonds is 0. The topological polar surface area (TPSA) is 34.1 Å². The highest BCUT2D eigenvalue weighted by Gasteiger charge is 2.31. The molecule has 0 radical (unpaired) electrons. The van der Waals surface area contributed by atoms with Crippen LogP contribution in [0, 0.1) is 6.92 Å². The van der Waals surface area contributed by atoms with Crippen molar-refractivity contribution in [1.29, 1.82) is 0 Å². The van der Waals surface area contributed by atoms with Crippen LogP contribution in [0.15, 0.2) is 36.4 Å². The Bertz CT molecular complexity index is 792. The zero-order valence-electron chi connectivity index (χ0n) is 15.5. The molecule has 0 amide bonds. The molecule has 2 nitrogen and oxygen atoms in total. The van der Waals surface area contributed by atoms with Gasteiger partial charge in [-0.15, -0.1) is 0 Å². The van der Waals surface area contributed by atoms with Gasteiger partial charge < -0.3 is 0 Å². The summed E-state index contributed by atoms with van der Waals surface area (Å²) in [5.74, 6) is -0.790. The van der Waals surface area contributed by atoms with Gasteiger partial charge in [0.05, 0.1) is 0 Å². The van der Waals surface area contributed by atoms with Gasteiger partial charge in [0.15, 0.2) is 0 Å². The van der Waals surface area contributed by atoms with Crippen LogP contribution in [0.3, 0.4) is 0 Å². The molecule has 126 valence electrons. The second kappa shape index (κ2) is 6.72. The molecule has 1 aliphatic carbocycles. The third kappa shape index (κ3) is 3.33. The van der Waals surface area contributed by atoms with Crippen LogP contribution in [-0.4, -0.2) is 11.6 Å². The van der Waals surface area contributed by atoms with Crippen molar-refractivity contribution in [2.75, 3.05) is 0 Å². The fourth-order valence-corrected chi connectivity index (χ4v) is 2.76. The molecule has 0 N–H and O–H groups in total. The number of ketones is 2. The number of fused-ring (bicyclic) bond motifs is 3. The summed E-state index contributed by atoms with van der Waals surface area (Å²) in [6.07, 6.45) is 1.25. The summed E-state index contributed by atoms with van der Waals surface area (Å²) in [4.78, 5) is 24.8. The molecule has 0 saturated carbocycles. The number of hydrogen-bond donors (Lipinski definition) is 0. The normalized spacial score (nSPS) is 12.9. The Balaban J connectivity index is 0.000000647. The summed E-state index contributed by atoms with van der Waals surface area (Å²) in [6.45, 7) is 12.5. The van der Waals surface area contributed by atoms with Crippen LogP contribution >= 0.6 is 0 Å². The maximum Gasteiger partial charge on any atom is 0.234 e. The van der Waals surface area contributed by atoms with E-state index in [2.05, 4.69) is 34.6 Å². The summed E-state index contributed by atoms with van der Waals surface area (Å²) in [6, 6.07) is 11.6. The Kier molecular flexibility index (Phi) is 5.08. The zero-order chi connectivity index (χ0) is 18.1. The maximum atomic E-state index is 12.4. The van der Waals surface area contributed by atoms with E-state index >= 15 is 0 Å². The van der Waals surface area contributed by atoms with Crippen LogP contribution in [0.25, 0.3) is 11.1 Å². The Labute approximate surface area is 144 Å². The number of carbonyl (C=O) groups excluding carboxylic acids is 2. The van der Waals surface area contributed by atoms with Crippen molar-refractivity contribution in [2.24, 2.45) is 0 Å². The predicted molar refractivity (Wildman–Crippen MR) is 99.9 cm³/mol. The molecule has 24 heavy (non-hydrogen) atoms. The molecule has 0 heterocycles. The highest BCUT2D eigenvalue weighted by molar-refractivity contribution is 6.53. The first kappa shape index (κ1) is 18.1. The second-order valence-corrected chi connectivity index (χ2v) is 7.42. The van der Waals surface area contributed by atoms with Gasteiger partial charge in [0.1, 0.15) is 0 Å².